The molecular weight excluding hydrogens is 286 g/mol. The minimum absolute atomic E-state index is 0.0306. The molecule has 0 saturated carbocycles. The average molecular weight is 298 g/mol. The zero-order valence-electron chi connectivity index (χ0n) is 10.4. The van der Waals surface area contributed by atoms with Crippen LogP contribution in [0.4, 0.5) is 5.95 Å². The van der Waals surface area contributed by atoms with E-state index in [0.29, 0.717) is 5.69 Å². The third-order valence-electron chi connectivity index (χ3n) is 2.61. The van der Waals surface area contributed by atoms with Crippen LogP contribution >= 0.6 is 11.6 Å². The predicted octanol–water partition coefficient (Wildman–Crippen LogP) is 2.55. The first kappa shape index (κ1) is 13.8. The smallest absolute Gasteiger partial charge is 0.247 e. The fraction of sp³-hybridized carbons (Fsp3) is 0.167. The summed E-state index contributed by atoms with van der Waals surface area (Å²) in [5.74, 6) is -0.0306. The molecule has 1 aromatic heterocycles. The maximum absolute atomic E-state index is 12.1. The van der Waals surface area contributed by atoms with E-state index in [9.17, 15) is 8.42 Å². The van der Waals surface area contributed by atoms with Gasteiger partial charge in [0, 0.05) is 11.3 Å². The van der Waals surface area contributed by atoms with Crippen molar-refractivity contribution in [2.45, 2.75) is 18.7 Å². The molecule has 0 spiro atoms. The number of benzene rings is 1. The fourth-order valence-corrected chi connectivity index (χ4v) is 2.60. The van der Waals surface area contributed by atoms with Crippen molar-refractivity contribution >= 4 is 27.6 Å². The maximum atomic E-state index is 12.1. The van der Waals surface area contributed by atoms with Gasteiger partial charge in [0.1, 0.15) is 5.15 Å². The number of anilines is 1. The Kier molecular flexibility index (Phi) is 3.73. The van der Waals surface area contributed by atoms with Crippen LogP contribution in [-0.2, 0) is 10.0 Å². The number of aryl methyl sites for hydroxylation is 1. The van der Waals surface area contributed by atoms with E-state index in [-0.39, 0.29) is 16.0 Å². The highest BCUT2D eigenvalue weighted by Crippen LogP contribution is 2.19. The largest absolute Gasteiger partial charge is 0.264 e. The molecule has 0 radical (unpaired) electrons. The number of aromatic nitrogens is 2. The number of hydrogen-bond acceptors (Lipinski definition) is 4. The number of nitrogens with one attached hydrogen (secondary N) is 1. The van der Waals surface area contributed by atoms with Crippen LogP contribution in [0.15, 0.2) is 35.2 Å². The Morgan fingerprint density at radius 3 is 2.32 bits per heavy atom. The number of hydrogen-bond donors (Lipinski definition) is 1. The van der Waals surface area contributed by atoms with Crippen LogP contribution in [0.3, 0.4) is 0 Å². The Morgan fingerprint density at radius 1 is 1.11 bits per heavy atom. The van der Waals surface area contributed by atoms with Gasteiger partial charge in [-0.1, -0.05) is 29.8 Å². The monoisotopic (exact) mass is 297 g/mol. The third kappa shape index (κ3) is 3.02. The van der Waals surface area contributed by atoms with Gasteiger partial charge in [0.15, 0.2) is 0 Å². The molecule has 0 unspecified atom stereocenters. The van der Waals surface area contributed by atoms with Gasteiger partial charge in [0.25, 0.3) is 10.0 Å². The van der Waals surface area contributed by atoms with E-state index >= 15 is 0 Å². The molecule has 0 saturated heterocycles. The zero-order valence-corrected chi connectivity index (χ0v) is 12.0. The molecule has 100 valence electrons. The first-order valence-electron chi connectivity index (χ1n) is 5.49. The lowest BCUT2D eigenvalue weighted by atomic mass is 10.3. The van der Waals surface area contributed by atoms with E-state index in [4.69, 9.17) is 11.6 Å². The Bertz CT molecular complexity index is 679. The number of sulfonamides is 1. The first-order chi connectivity index (χ1) is 8.90. The minimum atomic E-state index is -3.69. The average Bonchev–Trinajstić information content (AvgIpc) is 2.36. The highest BCUT2D eigenvalue weighted by atomic mass is 35.5. The summed E-state index contributed by atoms with van der Waals surface area (Å²) < 4.78 is 26.5. The summed E-state index contributed by atoms with van der Waals surface area (Å²) in [6, 6.07) is 8.00. The van der Waals surface area contributed by atoms with Gasteiger partial charge in [-0.3, -0.25) is 0 Å². The molecule has 0 atom stereocenters. The summed E-state index contributed by atoms with van der Waals surface area (Å²) in [7, 11) is -3.69. The Hall–Kier alpha value is -1.66. The number of halogens is 1. The molecule has 1 N–H and O–H groups in total. The lowest BCUT2D eigenvalue weighted by Gasteiger charge is -2.09. The Labute approximate surface area is 116 Å². The van der Waals surface area contributed by atoms with Crippen molar-refractivity contribution in [3.8, 4) is 0 Å². The van der Waals surface area contributed by atoms with Gasteiger partial charge >= 0.3 is 0 Å². The van der Waals surface area contributed by atoms with Gasteiger partial charge in [0.05, 0.1) is 4.90 Å². The molecule has 0 fully saturated rings. The zero-order chi connectivity index (χ0) is 14.0. The molecule has 1 heterocycles. The topological polar surface area (TPSA) is 72.0 Å². The quantitative estimate of drug-likeness (QED) is 0.884. The van der Waals surface area contributed by atoms with Gasteiger partial charge in [0.2, 0.25) is 5.95 Å². The Morgan fingerprint density at radius 2 is 1.74 bits per heavy atom. The molecule has 2 aromatic rings. The molecule has 0 aliphatic rings. The first-order valence-corrected chi connectivity index (χ1v) is 7.35. The molecule has 2 rings (SSSR count). The standard InChI is InChI=1S/C12H12ClN3O2S/c1-8-9(2)14-12(15-11(8)13)16-19(17,18)10-6-4-3-5-7-10/h3-7H,1-2H3,(H,14,15,16). The van der Waals surface area contributed by atoms with Crippen LogP contribution < -0.4 is 4.72 Å². The van der Waals surface area contributed by atoms with Crippen LogP contribution in [0, 0.1) is 13.8 Å². The fourth-order valence-electron chi connectivity index (χ4n) is 1.42. The van der Waals surface area contributed by atoms with E-state index in [2.05, 4.69) is 14.7 Å². The highest BCUT2D eigenvalue weighted by molar-refractivity contribution is 7.92. The van der Waals surface area contributed by atoms with Crippen LogP contribution in [-0.4, -0.2) is 18.4 Å². The second-order valence-electron chi connectivity index (χ2n) is 3.97. The lowest BCUT2D eigenvalue weighted by molar-refractivity contribution is 0.601. The SMILES string of the molecule is Cc1nc(NS(=O)(=O)c2ccccc2)nc(Cl)c1C. The van der Waals surface area contributed by atoms with Gasteiger partial charge < -0.3 is 0 Å². The van der Waals surface area contributed by atoms with Crippen molar-refractivity contribution in [1.82, 2.24) is 9.97 Å². The molecule has 0 amide bonds. The molecular formula is C12H12ClN3O2S. The van der Waals surface area contributed by atoms with Crippen LogP contribution in [0.25, 0.3) is 0 Å². The number of nitrogens with zero attached hydrogens (tertiary/aromatic N) is 2. The summed E-state index contributed by atoms with van der Waals surface area (Å²) in [5, 5.41) is 0.235. The molecule has 0 aliphatic heterocycles. The third-order valence-corrected chi connectivity index (χ3v) is 4.32. The van der Waals surface area contributed by atoms with Gasteiger partial charge in [-0.05, 0) is 26.0 Å². The maximum Gasteiger partial charge on any atom is 0.264 e. The lowest BCUT2D eigenvalue weighted by Crippen LogP contribution is -2.15. The van der Waals surface area contributed by atoms with Crippen molar-refractivity contribution < 1.29 is 8.42 Å². The second-order valence-corrected chi connectivity index (χ2v) is 6.01. The summed E-state index contributed by atoms with van der Waals surface area (Å²) >= 11 is 5.91. The van der Waals surface area contributed by atoms with E-state index in [1.165, 1.54) is 12.1 Å². The highest BCUT2D eigenvalue weighted by Gasteiger charge is 2.16. The van der Waals surface area contributed by atoms with E-state index in [0.717, 1.165) is 5.56 Å². The van der Waals surface area contributed by atoms with E-state index < -0.39 is 10.0 Å². The van der Waals surface area contributed by atoms with Gasteiger partial charge in [-0.2, -0.15) is 4.98 Å². The van der Waals surface area contributed by atoms with Crippen LogP contribution in [0.5, 0.6) is 0 Å². The van der Waals surface area contributed by atoms with Crippen molar-refractivity contribution in [1.29, 1.82) is 0 Å². The van der Waals surface area contributed by atoms with E-state index in [1.807, 2.05) is 0 Å². The van der Waals surface area contributed by atoms with Crippen molar-refractivity contribution in [3.63, 3.8) is 0 Å². The van der Waals surface area contributed by atoms with Gasteiger partial charge in [-0.25, -0.2) is 18.1 Å². The van der Waals surface area contributed by atoms with Crippen molar-refractivity contribution in [3.05, 3.63) is 46.7 Å². The molecule has 0 aliphatic carbocycles. The Balaban J connectivity index is 2.37. The van der Waals surface area contributed by atoms with E-state index in [1.54, 1.807) is 32.0 Å². The summed E-state index contributed by atoms with van der Waals surface area (Å²) in [5.41, 5.74) is 1.36. The number of rotatable bonds is 3. The normalized spacial score (nSPS) is 11.3. The van der Waals surface area contributed by atoms with Gasteiger partial charge in [-0.15, -0.1) is 0 Å². The van der Waals surface area contributed by atoms with Crippen LogP contribution in [0.1, 0.15) is 11.3 Å². The second kappa shape index (κ2) is 5.14. The van der Waals surface area contributed by atoms with Crippen molar-refractivity contribution in [2.75, 3.05) is 4.72 Å². The predicted molar refractivity (Wildman–Crippen MR) is 73.8 cm³/mol. The minimum Gasteiger partial charge on any atom is -0.247 e. The van der Waals surface area contributed by atoms with Crippen molar-refractivity contribution in [2.24, 2.45) is 0 Å². The molecule has 5 nitrogen and oxygen atoms in total. The molecule has 1 aromatic carbocycles. The summed E-state index contributed by atoms with van der Waals surface area (Å²) in [6.07, 6.45) is 0. The molecule has 0 bridgehead atoms. The molecule has 19 heavy (non-hydrogen) atoms. The summed E-state index contributed by atoms with van der Waals surface area (Å²) in [4.78, 5) is 8.11. The summed E-state index contributed by atoms with van der Waals surface area (Å²) in [6.45, 7) is 3.51. The van der Waals surface area contributed by atoms with Crippen LogP contribution in [0.2, 0.25) is 5.15 Å². The molecule has 7 heteroatoms.